The van der Waals surface area contributed by atoms with Gasteiger partial charge in [0.25, 0.3) is 0 Å². The lowest BCUT2D eigenvalue weighted by Gasteiger charge is -2.34. The summed E-state index contributed by atoms with van der Waals surface area (Å²) >= 11 is 0. The Hall–Kier alpha value is -0.980. The van der Waals surface area contributed by atoms with Gasteiger partial charge in [0.15, 0.2) is 11.4 Å². The lowest BCUT2D eigenvalue weighted by molar-refractivity contribution is -0.875. The number of nitrogens with zero attached hydrogens (tertiary/aromatic N) is 1. The van der Waals surface area contributed by atoms with Crippen molar-refractivity contribution in [2.45, 2.75) is 115 Å². The minimum Gasteiger partial charge on any atom is -0.550 e. The Morgan fingerprint density at radius 1 is 0.710 bits per heavy atom. The number of carbonyl (C=O) groups excluding carboxylic acids is 2. The SMILES string of the molecule is C[N+](C)(C)CC(O)(CC(=O)[O-])C(=O)CCCCCCCCCCCCCCCCCO. The van der Waals surface area contributed by atoms with E-state index in [2.05, 4.69) is 0 Å². The van der Waals surface area contributed by atoms with E-state index in [9.17, 15) is 19.8 Å². The Bertz CT molecular complexity index is 475. The lowest BCUT2D eigenvalue weighted by atomic mass is 9.89. The predicted octanol–water partition coefficient (Wildman–Crippen LogP) is 3.37. The molecule has 0 bridgehead atoms. The molecule has 0 aromatic rings. The van der Waals surface area contributed by atoms with Crippen LogP contribution in [0, 0.1) is 0 Å². The molecule has 0 saturated heterocycles. The molecule has 31 heavy (non-hydrogen) atoms. The highest BCUT2D eigenvalue weighted by Gasteiger charge is 2.40. The third-order valence-corrected chi connectivity index (χ3v) is 5.75. The molecule has 0 saturated carbocycles. The van der Waals surface area contributed by atoms with Crippen molar-refractivity contribution >= 4 is 11.8 Å². The van der Waals surface area contributed by atoms with Crippen LogP contribution in [0.2, 0.25) is 0 Å². The van der Waals surface area contributed by atoms with Crippen LogP contribution >= 0.6 is 0 Å². The van der Waals surface area contributed by atoms with Crippen molar-refractivity contribution in [3.05, 3.63) is 0 Å². The maximum Gasteiger partial charge on any atom is 0.177 e. The molecular formula is C25H49NO5. The molecule has 184 valence electrons. The molecule has 0 aromatic heterocycles. The van der Waals surface area contributed by atoms with Gasteiger partial charge in [0, 0.05) is 25.4 Å². The number of ketones is 1. The first kappa shape index (κ1) is 30.0. The number of carboxylic acid groups (broad SMARTS) is 1. The quantitative estimate of drug-likeness (QED) is 0.197. The smallest absolute Gasteiger partial charge is 0.177 e. The molecule has 0 heterocycles. The topological polar surface area (TPSA) is 97.7 Å². The van der Waals surface area contributed by atoms with Gasteiger partial charge in [-0.1, -0.05) is 83.5 Å². The van der Waals surface area contributed by atoms with Crippen LogP contribution in [0.5, 0.6) is 0 Å². The highest BCUT2D eigenvalue weighted by atomic mass is 16.4. The van der Waals surface area contributed by atoms with Gasteiger partial charge in [-0.25, -0.2) is 0 Å². The summed E-state index contributed by atoms with van der Waals surface area (Å²) < 4.78 is 0.320. The van der Waals surface area contributed by atoms with Gasteiger partial charge in [0.1, 0.15) is 6.54 Å². The number of likely N-dealkylation sites (N-methyl/N-ethyl adjacent to an activating group) is 1. The summed E-state index contributed by atoms with van der Waals surface area (Å²) in [6, 6.07) is 0. The van der Waals surface area contributed by atoms with Crippen LogP contribution < -0.4 is 5.11 Å². The van der Waals surface area contributed by atoms with Gasteiger partial charge < -0.3 is 24.6 Å². The van der Waals surface area contributed by atoms with Crippen LogP contribution in [0.4, 0.5) is 0 Å². The number of aliphatic hydroxyl groups excluding tert-OH is 1. The molecule has 1 unspecified atom stereocenters. The first-order valence-electron chi connectivity index (χ1n) is 12.5. The molecule has 0 spiro atoms. The first-order chi connectivity index (χ1) is 14.6. The van der Waals surface area contributed by atoms with Crippen molar-refractivity contribution < 1.29 is 29.4 Å². The third kappa shape index (κ3) is 18.3. The Morgan fingerprint density at radius 2 is 1.06 bits per heavy atom. The van der Waals surface area contributed by atoms with E-state index in [4.69, 9.17) is 5.11 Å². The number of aliphatic carboxylic acids is 1. The number of rotatable bonds is 22. The molecular weight excluding hydrogens is 394 g/mol. The van der Waals surface area contributed by atoms with Crippen LogP contribution in [0.1, 0.15) is 109 Å². The van der Waals surface area contributed by atoms with Crippen LogP contribution in [0.25, 0.3) is 0 Å². The molecule has 0 rings (SSSR count). The van der Waals surface area contributed by atoms with Crippen molar-refractivity contribution in [1.82, 2.24) is 0 Å². The van der Waals surface area contributed by atoms with Crippen LogP contribution in [0.15, 0.2) is 0 Å². The number of hydrogen-bond donors (Lipinski definition) is 2. The van der Waals surface area contributed by atoms with Crippen molar-refractivity contribution in [1.29, 1.82) is 0 Å². The van der Waals surface area contributed by atoms with E-state index in [0.717, 1.165) is 25.7 Å². The maximum absolute atomic E-state index is 12.5. The van der Waals surface area contributed by atoms with Crippen LogP contribution in [0.3, 0.4) is 0 Å². The van der Waals surface area contributed by atoms with E-state index < -0.39 is 18.0 Å². The second-order valence-electron chi connectivity index (χ2n) is 10.2. The average molecular weight is 444 g/mol. The largest absolute Gasteiger partial charge is 0.550 e. The molecule has 0 aliphatic carbocycles. The number of carboxylic acids is 1. The zero-order valence-corrected chi connectivity index (χ0v) is 20.5. The fourth-order valence-corrected chi connectivity index (χ4v) is 4.19. The molecule has 6 nitrogen and oxygen atoms in total. The molecule has 0 aromatic carbocycles. The predicted molar refractivity (Wildman–Crippen MR) is 123 cm³/mol. The third-order valence-electron chi connectivity index (χ3n) is 5.75. The number of quaternary nitrogens is 1. The highest BCUT2D eigenvalue weighted by molar-refractivity contribution is 5.90. The fourth-order valence-electron chi connectivity index (χ4n) is 4.19. The van der Waals surface area contributed by atoms with Crippen molar-refractivity contribution in [3.8, 4) is 0 Å². The molecule has 1 atom stereocenters. The summed E-state index contributed by atoms with van der Waals surface area (Å²) in [6.45, 7) is 0.395. The zero-order chi connectivity index (χ0) is 23.6. The lowest BCUT2D eigenvalue weighted by Crippen LogP contribution is -2.56. The highest BCUT2D eigenvalue weighted by Crippen LogP contribution is 2.20. The number of Topliss-reactive ketones (excluding diaryl/α,β-unsaturated/α-hetero) is 1. The Balaban J connectivity index is 3.70. The van der Waals surface area contributed by atoms with E-state index in [-0.39, 0.29) is 18.7 Å². The summed E-state index contributed by atoms with van der Waals surface area (Å²) in [4.78, 5) is 23.5. The molecule has 0 aliphatic heterocycles. The zero-order valence-electron chi connectivity index (χ0n) is 20.5. The van der Waals surface area contributed by atoms with Crippen LogP contribution in [-0.2, 0) is 9.59 Å². The normalized spacial score (nSPS) is 13.8. The standard InChI is InChI=1S/C25H49NO5/c1-26(2,3)22-25(31,21-24(29)30)23(28)19-17-15-13-11-9-7-5-4-6-8-10-12-14-16-18-20-27/h27,31H,4-22H2,1-3H3. The monoisotopic (exact) mass is 443 g/mol. The Labute approximate surface area is 190 Å². The van der Waals surface area contributed by atoms with Crippen molar-refractivity contribution in [3.63, 3.8) is 0 Å². The van der Waals surface area contributed by atoms with Gasteiger partial charge in [-0.15, -0.1) is 0 Å². The first-order valence-corrected chi connectivity index (χ1v) is 12.5. The van der Waals surface area contributed by atoms with Crippen LogP contribution in [-0.4, -0.2) is 66.3 Å². The van der Waals surface area contributed by atoms with E-state index in [1.807, 2.05) is 21.1 Å². The van der Waals surface area contributed by atoms with E-state index in [1.165, 1.54) is 64.2 Å². The number of aliphatic hydroxyl groups is 2. The minimum atomic E-state index is -1.84. The average Bonchev–Trinajstić information content (AvgIpc) is 2.65. The number of unbranched alkanes of at least 4 members (excludes halogenated alkanes) is 14. The molecule has 0 amide bonds. The van der Waals surface area contributed by atoms with Gasteiger partial charge in [0.2, 0.25) is 0 Å². The molecule has 0 radical (unpaired) electrons. The van der Waals surface area contributed by atoms with Crippen molar-refractivity contribution in [2.24, 2.45) is 0 Å². The Kier molecular flexibility index (Phi) is 17.0. The Morgan fingerprint density at radius 3 is 1.39 bits per heavy atom. The van der Waals surface area contributed by atoms with E-state index >= 15 is 0 Å². The van der Waals surface area contributed by atoms with E-state index in [1.54, 1.807) is 0 Å². The maximum atomic E-state index is 12.5. The van der Waals surface area contributed by atoms with Gasteiger partial charge >= 0.3 is 0 Å². The molecule has 0 aliphatic rings. The molecule has 6 heteroatoms. The molecule has 0 fully saturated rings. The van der Waals surface area contributed by atoms with Crippen molar-refractivity contribution in [2.75, 3.05) is 34.3 Å². The number of hydrogen-bond acceptors (Lipinski definition) is 5. The minimum absolute atomic E-state index is 0.0729. The summed E-state index contributed by atoms with van der Waals surface area (Å²) in [5, 5.41) is 30.3. The second kappa shape index (κ2) is 17.6. The van der Waals surface area contributed by atoms with Gasteiger partial charge in [-0.05, 0) is 12.8 Å². The molecule has 2 N–H and O–H groups in total. The summed E-state index contributed by atoms with van der Waals surface area (Å²) in [6.07, 6.45) is 17.2. The van der Waals surface area contributed by atoms with Gasteiger partial charge in [-0.2, -0.15) is 0 Å². The summed E-state index contributed by atoms with van der Waals surface area (Å²) in [5.74, 6) is -1.76. The summed E-state index contributed by atoms with van der Waals surface area (Å²) in [5.41, 5.74) is -1.84. The number of carbonyl (C=O) groups is 2. The fraction of sp³-hybridized carbons (Fsp3) is 0.920. The second-order valence-corrected chi connectivity index (χ2v) is 10.2. The van der Waals surface area contributed by atoms with Gasteiger partial charge in [0.05, 0.1) is 21.1 Å². The summed E-state index contributed by atoms with van der Waals surface area (Å²) in [7, 11) is 5.48. The van der Waals surface area contributed by atoms with Gasteiger partial charge in [-0.3, -0.25) is 4.79 Å². The van der Waals surface area contributed by atoms with E-state index in [0.29, 0.717) is 17.5 Å².